The first-order valence-electron chi connectivity index (χ1n) is 11.0. The van der Waals surface area contributed by atoms with Crippen molar-refractivity contribution >= 4 is 15.7 Å². The van der Waals surface area contributed by atoms with Crippen LogP contribution in [0.4, 0.5) is 10.1 Å². The van der Waals surface area contributed by atoms with Crippen LogP contribution in [0.25, 0.3) is 0 Å². The van der Waals surface area contributed by atoms with Crippen molar-refractivity contribution in [3.63, 3.8) is 0 Å². The van der Waals surface area contributed by atoms with Crippen molar-refractivity contribution in [2.45, 2.75) is 44.0 Å². The Morgan fingerprint density at radius 1 is 0.969 bits per heavy atom. The van der Waals surface area contributed by atoms with Gasteiger partial charge >= 0.3 is 0 Å². The van der Waals surface area contributed by atoms with Gasteiger partial charge in [-0.3, -0.25) is 9.62 Å². The van der Waals surface area contributed by atoms with Gasteiger partial charge in [0.2, 0.25) is 0 Å². The second-order valence-electron chi connectivity index (χ2n) is 8.72. The highest BCUT2D eigenvalue weighted by Gasteiger charge is 2.20. The van der Waals surface area contributed by atoms with Crippen molar-refractivity contribution in [2.24, 2.45) is 0 Å². The molecule has 0 aliphatic carbocycles. The zero-order valence-corrected chi connectivity index (χ0v) is 19.3. The van der Waals surface area contributed by atoms with E-state index in [-0.39, 0.29) is 4.90 Å². The summed E-state index contributed by atoms with van der Waals surface area (Å²) >= 11 is 0. The molecule has 0 bridgehead atoms. The third-order valence-corrected chi connectivity index (χ3v) is 7.42. The van der Waals surface area contributed by atoms with Crippen LogP contribution in [-0.4, -0.2) is 26.4 Å². The fraction of sp³-hybridized carbons (Fsp3) is 0.308. The van der Waals surface area contributed by atoms with E-state index in [9.17, 15) is 12.8 Å². The van der Waals surface area contributed by atoms with Gasteiger partial charge in [-0.2, -0.15) is 0 Å². The number of benzene rings is 3. The van der Waals surface area contributed by atoms with E-state index in [0.29, 0.717) is 11.6 Å². The number of nitrogens with one attached hydrogen (secondary N) is 1. The van der Waals surface area contributed by atoms with Crippen molar-refractivity contribution in [3.8, 4) is 0 Å². The topological polar surface area (TPSA) is 49.4 Å². The third kappa shape index (κ3) is 5.37. The van der Waals surface area contributed by atoms with E-state index < -0.39 is 15.8 Å². The number of hydrogen-bond donors (Lipinski definition) is 1. The van der Waals surface area contributed by atoms with Gasteiger partial charge in [0.15, 0.2) is 0 Å². The number of rotatable bonds is 7. The van der Waals surface area contributed by atoms with Gasteiger partial charge in [-0.15, -0.1) is 0 Å². The minimum absolute atomic E-state index is 0.235. The number of halogens is 1. The molecule has 4 nitrogen and oxygen atoms in total. The first-order chi connectivity index (χ1) is 15.3. The summed E-state index contributed by atoms with van der Waals surface area (Å²) in [6.07, 6.45) is 1.82. The Hall–Kier alpha value is -2.70. The minimum atomic E-state index is -3.72. The van der Waals surface area contributed by atoms with E-state index in [2.05, 4.69) is 47.7 Å². The van der Waals surface area contributed by atoms with Crippen LogP contribution in [0, 0.1) is 5.82 Å². The quantitative estimate of drug-likeness (QED) is 0.526. The summed E-state index contributed by atoms with van der Waals surface area (Å²) in [4.78, 5) is 2.66. The zero-order valence-electron chi connectivity index (χ0n) is 18.5. The van der Waals surface area contributed by atoms with Gasteiger partial charge in [0.25, 0.3) is 10.0 Å². The molecule has 168 valence electrons. The standard InChI is InChI=1S/C26H29FN2O2S/c1-19(2)21-5-3-20(4-6-21)13-15-29-16-14-22-17-26(12-7-23(22)18-29)32(30,31)28-25-10-8-24(27)9-11-25/h3-12,17,19,28H,13-16,18H2,1-2H3. The molecule has 0 saturated carbocycles. The van der Waals surface area contributed by atoms with E-state index in [4.69, 9.17) is 0 Å². The lowest BCUT2D eigenvalue weighted by atomic mass is 9.98. The molecule has 6 heteroatoms. The Kier molecular flexibility index (Phi) is 6.63. The van der Waals surface area contributed by atoms with Crippen molar-refractivity contribution in [2.75, 3.05) is 17.8 Å². The number of fused-ring (bicyclic) bond motifs is 1. The molecule has 0 spiro atoms. The molecule has 0 atom stereocenters. The molecule has 1 aliphatic rings. The average molecular weight is 453 g/mol. The Bertz CT molecular complexity index is 1170. The van der Waals surface area contributed by atoms with Gasteiger partial charge in [0, 0.05) is 25.3 Å². The molecule has 1 heterocycles. The lowest BCUT2D eigenvalue weighted by molar-refractivity contribution is 0.257. The van der Waals surface area contributed by atoms with Crippen molar-refractivity contribution in [3.05, 3.63) is 94.8 Å². The smallest absolute Gasteiger partial charge is 0.261 e. The molecule has 0 fully saturated rings. The van der Waals surface area contributed by atoms with Crippen LogP contribution in [0.1, 0.15) is 42.0 Å². The van der Waals surface area contributed by atoms with Crippen LogP contribution in [0.15, 0.2) is 71.6 Å². The van der Waals surface area contributed by atoms with Crippen LogP contribution in [0.3, 0.4) is 0 Å². The predicted molar refractivity (Wildman–Crippen MR) is 127 cm³/mol. The first kappa shape index (κ1) is 22.5. The lowest BCUT2D eigenvalue weighted by Gasteiger charge is -2.29. The largest absolute Gasteiger partial charge is 0.298 e. The third-order valence-electron chi connectivity index (χ3n) is 6.04. The van der Waals surface area contributed by atoms with Gasteiger partial charge in [0.1, 0.15) is 5.82 Å². The summed E-state index contributed by atoms with van der Waals surface area (Å²) in [6.45, 7) is 7.12. The molecular formula is C26H29FN2O2S. The molecule has 4 rings (SSSR count). The molecule has 1 aliphatic heterocycles. The summed E-state index contributed by atoms with van der Waals surface area (Å²) in [5, 5.41) is 0. The molecule has 1 N–H and O–H groups in total. The fourth-order valence-corrected chi connectivity index (χ4v) is 5.14. The van der Waals surface area contributed by atoms with Gasteiger partial charge in [-0.05, 0) is 77.4 Å². The number of sulfonamides is 1. The lowest BCUT2D eigenvalue weighted by Crippen LogP contribution is -2.32. The maximum atomic E-state index is 13.1. The summed E-state index contributed by atoms with van der Waals surface area (Å²) in [5.41, 5.74) is 5.29. The van der Waals surface area contributed by atoms with E-state index in [1.165, 1.54) is 41.0 Å². The minimum Gasteiger partial charge on any atom is -0.298 e. The monoisotopic (exact) mass is 452 g/mol. The van der Waals surface area contributed by atoms with Crippen molar-refractivity contribution in [1.29, 1.82) is 0 Å². The average Bonchev–Trinajstić information content (AvgIpc) is 2.79. The molecule has 3 aromatic rings. The highest BCUT2D eigenvalue weighted by Crippen LogP contribution is 2.24. The predicted octanol–water partition coefficient (Wildman–Crippen LogP) is 5.35. The first-order valence-corrected chi connectivity index (χ1v) is 12.5. The SMILES string of the molecule is CC(C)c1ccc(CCN2CCc3cc(S(=O)(=O)Nc4ccc(F)cc4)ccc3C2)cc1. The van der Waals surface area contributed by atoms with Gasteiger partial charge in [-0.25, -0.2) is 12.8 Å². The maximum absolute atomic E-state index is 13.1. The molecule has 0 unspecified atom stereocenters. The summed E-state index contributed by atoms with van der Waals surface area (Å²) in [6, 6.07) is 19.5. The summed E-state index contributed by atoms with van der Waals surface area (Å²) in [7, 11) is -3.72. The maximum Gasteiger partial charge on any atom is 0.261 e. The molecule has 0 radical (unpaired) electrons. The van der Waals surface area contributed by atoms with Crippen molar-refractivity contribution in [1.82, 2.24) is 4.90 Å². The van der Waals surface area contributed by atoms with Crippen LogP contribution in [0.5, 0.6) is 0 Å². The number of anilines is 1. The van der Waals surface area contributed by atoms with Crippen LogP contribution in [-0.2, 0) is 29.4 Å². The molecule has 32 heavy (non-hydrogen) atoms. The number of nitrogens with zero attached hydrogens (tertiary/aromatic N) is 1. The van der Waals surface area contributed by atoms with E-state index in [1.807, 2.05) is 6.07 Å². The highest BCUT2D eigenvalue weighted by molar-refractivity contribution is 7.92. The summed E-state index contributed by atoms with van der Waals surface area (Å²) in [5.74, 6) is 0.140. The highest BCUT2D eigenvalue weighted by atomic mass is 32.2. The molecule has 0 amide bonds. The summed E-state index contributed by atoms with van der Waals surface area (Å²) < 4.78 is 41.1. The normalized spacial score (nSPS) is 14.4. The number of hydrogen-bond acceptors (Lipinski definition) is 3. The molecular weight excluding hydrogens is 423 g/mol. The Labute approximate surface area is 190 Å². The van der Waals surface area contributed by atoms with Gasteiger partial charge in [0.05, 0.1) is 4.90 Å². The second kappa shape index (κ2) is 9.43. The molecule has 0 aromatic heterocycles. The zero-order chi connectivity index (χ0) is 22.7. The van der Waals surface area contributed by atoms with E-state index >= 15 is 0 Å². The van der Waals surface area contributed by atoms with Gasteiger partial charge < -0.3 is 0 Å². The second-order valence-corrected chi connectivity index (χ2v) is 10.4. The van der Waals surface area contributed by atoms with Crippen LogP contribution < -0.4 is 4.72 Å². The van der Waals surface area contributed by atoms with Crippen LogP contribution in [0.2, 0.25) is 0 Å². The van der Waals surface area contributed by atoms with E-state index in [1.54, 1.807) is 12.1 Å². The Morgan fingerprint density at radius 3 is 2.38 bits per heavy atom. The Morgan fingerprint density at radius 2 is 1.69 bits per heavy atom. The Balaban J connectivity index is 1.39. The molecule has 0 saturated heterocycles. The molecule has 3 aromatic carbocycles. The van der Waals surface area contributed by atoms with E-state index in [0.717, 1.165) is 38.0 Å². The fourth-order valence-electron chi connectivity index (χ4n) is 4.03. The van der Waals surface area contributed by atoms with Gasteiger partial charge in [-0.1, -0.05) is 44.2 Å². The van der Waals surface area contributed by atoms with Crippen LogP contribution >= 0.6 is 0 Å². The van der Waals surface area contributed by atoms with Crippen molar-refractivity contribution < 1.29 is 12.8 Å².